The van der Waals surface area contributed by atoms with Gasteiger partial charge in [0.2, 0.25) is 0 Å². The Balaban J connectivity index is 1.43. The molecule has 176 valence electrons. The summed E-state index contributed by atoms with van der Waals surface area (Å²) < 4.78 is 16.9. The molecule has 2 aromatic carbocycles. The lowest BCUT2D eigenvalue weighted by Crippen LogP contribution is -2.20. The third kappa shape index (κ3) is 5.58. The average molecular weight is 517 g/mol. The van der Waals surface area contributed by atoms with E-state index in [2.05, 4.69) is 20.8 Å². The number of hydrogen-bond donors (Lipinski definition) is 2. The number of rotatable bonds is 6. The van der Waals surface area contributed by atoms with E-state index < -0.39 is 0 Å². The van der Waals surface area contributed by atoms with Gasteiger partial charge in [-0.1, -0.05) is 41.4 Å². The van der Waals surface area contributed by atoms with Crippen molar-refractivity contribution in [3.63, 3.8) is 0 Å². The third-order valence-electron chi connectivity index (χ3n) is 5.42. The third-order valence-corrected chi connectivity index (χ3v) is 6.21. The van der Waals surface area contributed by atoms with Gasteiger partial charge in [0.25, 0.3) is 0 Å². The van der Waals surface area contributed by atoms with Crippen LogP contribution in [-0.2, 0) is 13.1 Å². The zero-order valence-corrected chi connectivity index (χ0v) is 21.2. The molecule has 0 radical (unpaired) electrons. The molecule has 2 heterocycles. The number of halogens is 3. The van der Waals surface area contributed by atoms with Gasteiger partial charge < -0.3 is 10.6 Å². The van der Waals surface area contributed by atoms with Crippen LogP contribution in [-0.4, -0.2) is 24.7 Å². The Labute approximate surface area is 212 Å². The van der Waals surface area contributed by atoms with Gasteiger partial charge in [0, 0.05) is 21.8 Å². The van der Waals surface area contributed by atoms with E-state index in [0.717, 1.165) is 33.9 Å². The fourth-order valence-corrected chi connectivity index (χ4v) is 4.27. The van der Waals surface area contributed by atoms with Gasteiger partial charge in [0.15, 0.2) is 10.9 Å². The van der Waals surface area contributed by atoms with E-state index >= 15 is 0 Å². The molecule has 0 aliphatic rings. The summed E-state index contributed by atoms with van der Waals surface area (Å²) in [5.74, 6) is 0.360. The molecule has 0 bridgehead atoms. The van der Waals surface area contributed by atoms with Crippen LogP contribution < -0.4 is 10.6 Å². The highest BCUT2D eigenvalue weighted by molar-refractivity contribution is 7.80. The number of anilines is 2. The average Bonchev–Trinajstić information content (AvgIpc) is 3.24. The molecule has 0 saturated carbocycles. The Kier molecular flexibility index (Phi) is 7.21. The first kappa shape index (κ1) is 24.2. The Morgan fingerprint density at radius 3 is 2.38 bits per heavy atom. The fraction of sp³-hybridized carbons (Fsp3) is 0.208. The number of nitrogens with zero attached hydrogens (tertiary/aromatic N) is 4. The van der Waals surface area contributed by atoms with Crippen molar-refractivity contribution >= 4 is 52.0 Å². The standard InChI is InChI=1S/C24H23Cl2FN6S/c1-14-10-22(31-32(14)13-18-6-7-19(25)11-21(18)26)28-24(34)29-23-15(2)30-33(16(23)3)12-17-4-8-20(27)9-5-17/h4-11H,12-13H2,1-3H3,(H2,28,29,31,34). The van der Waals surface area contributed by atoms with Gasteiger partial charge in [-0.3, -0.25) is 9.36 Å². The van der Waals surface area contributed by atoms with Crippen molar-refractivity contribution in [3.8, 4) is 0 Å². The van der Waals surface area contributed by atoms with Crippen LogP contribution in [0.15, 0.2) is 48.5 Å². The molecule has 0 saturated heterocycles. The van der Waals surface area contributed by atoms with E-state index in [1.165, 1.54) is 12.1 Å². The summed E-state index contributed by atoms with van der Waals surface area (Å²) in [5.41, 5.74) is 5.39. The lowest BCUT2D eigenvalue weighted by atomic mass is 10.2. The highest BCUT2D eigenvalue weighted by atomic mass is 35.5. The van der Waals surface area contributed by atoms with Crippen LogP contribution in [0.1, 0.15) is 28.2 Å². The maximum absolute atomic E-state index is 13.2. The number of thiocarbonyl (C=S) groups is 1. The zero-order chi connectivity index (χ0) is 24.4. The van der Waals surface area contributed by atoms with Gasteiger partial charge in [0.1, 0.15) is 5.82 Å². The smallest absolute Gasteiger partial charge is 0.176 e. The Morgan fingerprint density at radius 2 is 1.68 bits per heavy atom. The van der Waals surface area contributed by atoms with Gasteiger partial charge in [-0.25, -0.2) is 4.39 Å². The molecule has 10 heteroatoms. The predicted octanol–water partition coefficient (Wildman–Crippen LogP) is 6.36. The van der Waals surface area contributed by atoms with Crippen LogP contribution in [0.3, 0.4) is 0 Å². The molecule has 34 heavy (non-hydrogen) atoms. The lowest BCUT2D eigenvalue weighted by molar-refractivity contribution is 0.622. The van der Waals surface area contributed by atoms with Crippen LogP contribution in [0, 0.1) is 26.6 Å². The molecule has 6 nitrogen and oxygen atoms in total. The van der Waals surface area contributed by atoms with Crippen molar-refractivity contribution in [1.29, 1.82) is 0 Å². The molecule has 4 rings (SSSR count). The number of hydrogen-bond acceptors (Lipinski definition) is 3. The summed E-state index contributed by atoms with van der Waals surface area (Å²) in [7, 11) is 0. The summed E-state index contributed by atoms with van der Waals surface area (Å²) in [6, 6.07) is 13.7. The molecule has 4 aromatic rings. The van der Waals surface area contributed by atoms with Gasteiger partial charge in [0.05, 0.1) is 30.2 Å². The second-order valence-corrected chi connectivity index (χ2v) is 9.23. The summed E-state index contributed by atoms with van der Waals surface area (Å²) in [6.07, 6.45) is 0. The molecule has 0 amide bonds. The van der Waals surface area contributed by atoms with Crippen LogP contribution in [0.2, 0.25) is 10.0 Å². The first-order chi connectivity index (χ1) is 16.2. The van der Waals surface area contributed by atoms with E-state index in [9.17, 15) is 4.39 Å². The highest BCUT2D eigenvalue weighted by Gasteiger charge is 2.14. The van der Waals surface area contributed by atoms with Crippen molar-refractivity contribution in [2.45, 2.75) is 33.9 Å². The van der Waals surface area contributed by atoms with E-state index in [1.54, 1.807) is 24.3 Å². The van der Waals surface area contributed by atoms with Gasteiger partial charge in [-0.2, -0.15) is 10.2 Å². The van der Waals surface area contributed by atoms with Crippen LogP contribution in [0.5, 0.6) is 0 Å². The predicted molar refractivity (Wildman–Crippen MR) is 140 cm³/mol. The normalized spacial score (nSPS) is 11.0. The van der Waals surface area contributed by atoms with Crippen LogP contribution >= 0.6 is 35.4 Å². The monoisotopic (exact) mass is 516 g/mol. The molecule has 0 spiro atoms. The molecular formula is C24H23Cl2FN6S. The van der Waals surface area contributed by atoms with E-state index in [1.807, 2.05) is 42.3 Å². The summed E-state index contributed by atoms with van der Waals surface area (Å²) in [4.78, 5) is 0. The number of aromatic nitrogens is 4. The SMILES string of the molecule is Cc1nn(Cc2ccc(F)cc2)c(C)c1NC(=S)Nc1cc(C)n(Cc2ccc(Cl)cc2Cl)n1. The number of aryl methyl sites for hydroxylation is 2. The Morgan fingerprint density at radius 1 is 0.941 bits per heavy atom. The van der Waals surface area contributed by atoms with Crippen molar-refractivity contribution in [2.24, 2.45) is 0 Å². The van der Waals surface area contributed by atoms with Crippen molar-refractivity contribution in [1.82, 2.24) is 19.6 Å². The van der Waals surface area contributed by atoms with Gasteiger partial charge >= 0.3 is 0 Å². The largest absolute Gasteiger partial charge is 0.329 e. The fourth-order valence-electron chi connectivity index (χ4n) is 3.60. The van der Waals surface area contributed by atoms with Gasteiger partial charge in [-0.05, 0) is 68.4 Å². The molecule has 2 N–H and O–H groups in total. The summed E-state index contributed by atoms with van der Waals surface area (Å²) >= 11 is 17.8. The van der Waals surface area contributed by atoms with Crippen molar-refractivity contribution < 1.29 is 4.39 Å². The molecule has 0 atom stereocenters. The first-order valence-electron chi connectivity index (χ1n) is 10.5. The maximum Gasteiger partial charge on any atom is 0.176 e. The minimum Gasteiger partial charge on any atom is -0.329 e. The molecular weight excluding hydrogens is 494 g/mol. The molecule has 2 aromatic heterocycles. The Hall–Kier alpha value is -2.94. The number of nitrogens with one attached hydrogen (secondary N) is 2. The molecule has 0 aliphatic carbocycles. The molecule has 0 aliphatic heterocycles. The van der Waals surface area contributed by atoms with Crippen molar-refractivity contribution in [3.05, 3.63) is 92.6 Å². The second-order valence-electron chi connectivity index (χ2n) is 7.97. The van der Waals surface area contributed by atoms with E-state index in [0.29, 0.717) is 34.1 Å². The zero-order valence-electron chi connectivity index (χ0n) is 18.9. The van der Waals surface area contributed by atoms with Crippen molar-refractivity contribution in [2.75, 3.05) is 10.6 Å². The van der Waals surface area contributed by atoms with Crippen LogP contribution in [0.4, 0.5) is 15.9 Å². The first-order valence-corrected chi connectivity index (χ1v) is 11.7. The molecule has 0 unspecified atom stereocenters. The topological polar surface area (TPSA) is 59.7 Å². The quantitative estimate of drug-likeness (QED) is 0.292. The minimum absolute atomic E-state index is 0.259. The summed E-state index contributed by atoms with van der Waals surface area (Å²) in [6.45, 7) is 6.88. The summed E-state index contributed by atoms with van der Waals surface area (Å²) in [5, 5.41) is 17.2. The van der Waals surface area contributed by atoms with Gasteiger partial charge in [-0.15, -0.1) is 0 Å². The molecule has 0 fully saturated rings. The highest BCUT2D eigenvalue weighted by Crippen LogP contribution is 2.23. The van der Waals surface area contributed by atoms with E-state index in [-0.39, 0.29) is 5.82 Å². The second kappa shape index (κ2) is 10.1. The maximum atomic E-state index is 13.2. The minimum atomic E-state index is -0.259. The lowest BCUT2D eigenvalue weighted by Gasteiger charge is -2.10. The van der Waals surface area contributed by atoms with Crippen LogP contribution in [0.25, 0.3) is 0 Å². The Bertz CT molecular complexity index is 1350. The number of benzene rings is 2. The van der Waals surface area contributed by atoms with E-state index in [4.69, 9.17) is 35.4 Å².